The van der Waals surface area contributed by atoms with Gasteiger partial charge in [-0.05, 0) is 12.1 Å². The van der Waals surface area contributed by atoms with E-state index in [9.17, 15) is 19.3 Å². The summed E-state index contributed by atoms with van der Waals surface area (Å²) in [6.45, 7) is 1.64. The van der Waals surface area contributed by atoms with Crippen molar-refractivity contribution in [3.8, 4) is 0 Å². The van der Waals surface area contributed by atoms with E-state index in [1.165, 1.54) is 6.07 Å². The summed E-state index contributed by atoms with van der Waals surface area (Å²) < 4.78 is 12.8. The van der Waals surface area contributed by atoms with Crippen molar-refractivity contribution in [2.75, 3.05) is 0 Å². The number of rotatable bonds is 3. The van der Waals surface area contributed by atoms with Crippen LogP contribution < -0.4 is 0 Å². The molecule has 0 saturated carbocycles. The SMILES string of the molecule is CCC(=O)c1ccc(F)c([N+](=O)[O-])c1. The third-order valence-corrected chi connectivity index (χ3v) is 1.79. The van der Waals surface area contributed by atoms with Crippen molar-refractivity contribution in [2.24, 2.45) is 0 Å². The van der Waals surface area contributed by atoms with Crippen LogP contribution in [0.15, 0.2) is 18.2 Å². The largest absolute Gasteiger partial charge is 0.305 e. The fraction of sp³-hybridized carbons (Fsp3) is 0.222. The molecular weight excluding hydrogens is 189 g/mol. The number of nitrogens with zero attached hydrogens (tertiary/aromatic N) is 1. The van der Waals surface area contributed by atoms with Gasteiger partial charge in [-0.1, -0.05) is 6.92 Å². The molecule has 0 saturated heterocycles. The molecule has 0 aliphatic heterocycles. The number of nitro benzene ring substituents is 1. The first-order valence-corrected chi connectivity index (χ1v) is 4.03. The first-order valence-electron chi connectivity index (χ1n) is 4.03. The number of carbonyl (C=O) groups is 1. The zero-order valence-corrected chi connectivity index (χ0v) is 7.49. The first-order chi connectivity index (χ1) is 6.56. The number of hydrogen-bond acceptors (Lipinski definition) is 3. The summed E-state index contributed by atoms with van der Waals surface area (Å²) in [7, 11) is 0. The van der Waals surface area contributed by atoms with E-state index in [0.717, 1.165) is 12.1 Å². The molecule has 0 heterocycles. The molecule has 0 atom stereocenters. The van der Waals surface area contributed by atoms with Gasteiger partial charge in [0.2, 0.25) is 5.82 Å². The lowest BCUT2D eigenvalue weighted by atomic mass is 10.1. The van der Waals surface area contributed by atoms with E-state index in [-0.39, 0.29) is 17.8 Å². The summed E-state index contributed by atoms with van der Waals surface area (Å²) >= 11 is 0. The Morgan fingerprint density at radius 3 is 2.71 bits per heavy atom. The van der Waals surface area contributed by atoms with Crippen LogP contribution in [0.2, 0.25) is 0 Å². The van der Waals surface area contributed by atoms with Crippen LogP contribution in [-0.2, 0) is 0 Å². The summed E-state index contributed by atoms with van der Waals surface area (Å²) in [5.41, 5.74) is -0.495. The highest BCUT2D eigenvalue weighted by Crippen LogP contribution is 2.19. The van der Waals surface area contributed by atoms with Gasteiger partial charge in [0.1, 0.15) is 0 Å². The molecule has 1 rings (SSSR count). The highest BCUT2D eigenvalue weighted by atomic mass is 19.1. The van der Waals surface area contributed by atoms with Crippen molar-refractivity contribution in [3.63, 3.8) is 0 Å². The van der Waals surface area contributed by atoms with Gasteiger partial charge in [-0.25, -0.2) is 0 Å². The number of Topliss-reactive ketones (excluding diaryl/α,β-unsaturated/α-hetero) is 1. The molecule has 0 unspecified atom stereocenters. The topological polar surface area (TPSA) is 60.2 Å². The standard InChI is InChI=1S/C9H8FNO3/c1-2-9(12)6-3-4-7(10)8(5-6)11(13)14/h3-5H,2H2,1H3. The van der Waals surface area contributed by atoms with Crippen LogP contribution in [0.3, 0.4) is 0 Å². The molecule has 0 fully saturated rings. The molecule has 0 spiro atoms. The van der Waals surface area contributed by atoms with Gasteiger partial charge in [-0.2, -0.15) is 4.39 Å². The maximum atomic E-state index is 12.8. The Bertz CT molecular complexity index is 390. The molecule has 0 bridgehead atoms. The minimum absolute atomic E-state index is 0.167. The average Bonchev–Trinajstić information content (AvgIpc) is 2.17. The van der Waals surface area contributed by atoms with E-state index in [4.69, 9.17) is 0 Å². The van der Waals surface area contributed by atoms with Crippen LogP contribution in [0.25, 0.3) is 0 Å². The normalized spacial score (nSPS) is 9.86. The lowest BCUT2D eigenvalue weighted by Crippen LogP contribution is -1.99. The first kappa shape index (κ1) is 10.3. The second kappa shape index (κ2) is 3.95. The van der Waals surface area contributed by atoms with Crippen LogP contribution in [0, 0.1) is 15.9 Å². The Kier molecular flexibility index (Phi) is 2.91. The molecule has 14 heavy (non-hydrogen) atoms. The highest BCUT2D eigenvalue weighted by molar-refractivity contribution is 5.96. The lowest BCUT2D eigenvalue weighted by Gasteiger charge is -1.98. The molecule has 5 heteroatoms. The quantitative estimate of drug-likeness (QED) is 0.424. The van der Waals surface area contributed by atoms with E-state index >= 15 is 0 Å². The molecule has 0 amide bonds. The number of nitro groups is 1. The third-order valence-electron chi connectivity index (χ3n) is 1.79. The predicted molar refractivity (Wildman–Crippen MR) is 47.7 cm³/mol. The second-order valence-electron chi connectivity index (χ2n) is 2.70. The Morgan fingerprint density at radius 2 is 2.21 bits per heavy atom. The van der Waals surface area contributed by atoms with E-state index in [2.05, 4.69) is 0 Å². The van der Waals surface area contributed by atoms with Crippen molar-refractivity contribution in [2.45, 2.75) is 13.3 Å². The van der Waals surface area contributed by atoms with Crippen molar-refractivity contribution in [1.82, 2.24) is 0 Å². The van der Waals surface area contributed by atoms with E-state index in [1.54, 1.807) is 6.92 Å². The van der Waals surface area contributed by atoms with Gasteiger partial charge < -0.3 is 0 Å². The number of benzene rings is 1. The van der Waals surface area contributed by atoms with Gasteiger partial charge in [-0.15, -0.1) is 0 Å². The van der Waals surface area contributed by atoms with Gasteiger partial charge in [0.25, 0.3) is 0 Å². The van der Waals surface area contributed by atoms with Gasteiger partial charge >= 0.3 is 5.69 Å². The summed E-state index contributed by atoms with van der Waals surface area (Å²) in [4.78, 5) is 20.6. The Balaban J connectivity index is 3.19. The van der Waals surface area contributed by atoms with Gasteiger partial charge in [0, 0.05) is 18.1 Å². The molecule has 4 nitrogen and oxygen atoms in total. The fourth-order valence-corrected chi connectivity index (χ4v) is 1.03. The van der Waals surface area contributed by atoms with E-state index in [1.807, 2.05) is 0 Å². The molecule has 0 N–H and O–H groups in total. The maximum absolute atomic E-state index is 12.8. The Morgan fingerprint density at radius 1 is 1.57 bits per heavy atom. The summed E-state index contributed by atoms with van der Waals surface area (Å²) in [6.07, 6.45) is 0.239. The van der Waals surface area contributed by atoms with E-state index < -0.39 is 16.4 Å². The van der Waals surface area contributed by atoms with Crippen LogP contribution in [0.5, 0.6) is 0 Å². The third kappa shape index (κ3) is 1.93. The average molecular weight is 197 g/mol. The Labute approximate surface area is 79.5 Å². The molecule has 1 aromatic rings. The monoisotopic (exact) mass is 197 g/mol. The fourth-order valence-electron chi connectivity index (χ4n) is 1.03. The van der Waals surface area contributed by atoms with Gasteiger partial charge in [0.15, 0.2) is 5.78 Å². The Hall–Kier alpha value is -1.78. The van der Waals surface area contributed by atoms with Gasteiger partial charge in [0.05, 0.1) is 4.92 Å². The minimum atomic E-state index is -0.928. The summed E-state index contributed by atoms with van der Waals surface area (Å²) in [5.74, 6) is -1.17. The number of ketones is 1. The molecule has 0 radical (unpaired) electrons. The number of hydrogen-bond donors (Lipinski definition) is 0. The van der Waals surface area contributed by atoms with Crippen molar-refractivity contribution in [3.05, 3.63) is 39.7 Å². The molecule has 1 aromatic carbocycles. The molecular formula is C9H8FNO3. The molecule has 74 valence electrons. The summed E-state index contributed by atoms with van der Waals surface area (Å²) in [5, 5.41) is 10.3. The van der Waals surface area contributed by atoms with Crippen LogP contribution in [0.1, 0.15) is 23.7 Å². The zero-order chi connectivity index (χ0) is 10.7. The van der Waals surface area contributed by atoms with Crippen LogP contribution in [-0.4, -0.2) is 10.7 Å². The molecule has 0 aromatic heterocycles. The van der Waals surface area contributed by atoms with Crippen LogP contribution in [0.4, 0.5) is 10.1 Å². The molecule has 0 aliphatic rings. The van der Waals surface area contributed by atoms with Crippen LogP contribution >= 0.6 is 0 Å². The smallest absolute Gasteiger partial charge is 0.294 e. The van der Waals surface area contributed by atoms with Crippen molar-refractivity contribution in [1.29, 1.82) is 0 Å². The lowest BCUT2D eigenvalue weighted by molar-refractivity contribution is -0.387. The molecule has 0 aliphatic carbocycles. The number of halogens is 1. The number of carbonyl (C=O) groups excluding carboxylic acids is 1. The van der Waals surface area contributed by atoms with Crippen molar-refractivity contribution < 1.29 is 14.1 Å². The zero-order valence-electron chi connectivity index (χ0n) is 7.49. The highest BCUT2D eigenvalue weighted by Gasteiger charge is 2.16. The summed E-state index contributed by atoms with van der Waals surface area (Å²) in [6, 6.07) is 3.14. The second-order valence-corrected chi connectivity index (χ2v) is 2.70. The predicted octanol–water partition coefficient (Wildman–Crippen LogP) is 2.33. The minimum Gasteiger partial charge on any atom is -0.294 e. The maximum Gasteiger partial charge on any atom is 0.305 e. The van der Waals surface area contributed by atoms with Crippen molar-refractivity contribution >= 4 is 11.5 Å². The van der Waals surface area contributed by atoms with E-state index in [0.29, 0.717) is 0 Å². The van der Waals surface area contributed by atoms with Gasteiger partial charge in [-0.3, -0.25) is 14.9 Å².